The molecule has 0 unspecified atom stereocenters. The first-order chi connectivity index (χ1) is 8.70. The Balaban J connectivity index is 2.06. The fourth-order valence-electron chi connectivity index (χ4n) is 2.29. The minimum atomic E-state index is -0.371. The Hall–Kier alpha value is -1.64. The van der Waals surface area contributed by atoms with Crippen LogP contribution in [0.1, 0.15) is 31.2 Å². The van der Waals surface area contributed by atoms with Crippen molar-refractivity contribution in [2.45, 2.75) is 25.7 Å². The maximum atomic E-state index is 13.6. The van der Waals surface area contributed by atoms with Crippen LogP contribution in [-0.2, 0) is 4.79 Å². The molecule has 1 aromatic rings. The quantitative estimate of drug-likeness (QED) is 0.761. The van der Waals surface area contributed by atoms with Crippen LogP contribution >= 0.6 is 0 Å². The van der Waals surface area contributed by atoms with Crippen molar-refractivity contribution in [2.24, 2.45) is 5.92 Å². The summed E-state index contributed by atoms with van der Waals surface area (Å²) in [6, 6.07) is 4.62. The molecule has 0 heterocycles. The summed E-state index contributed by atoms with van der Waals surface area (Å²) in [5, 5.41) is 0. The molecule has 0 spiro atoms. The molecule has 2 rings (SSSR count). The molecule has 0 aromatic heterocycles. The van der Waals surface area contributed by atoms with Crippen LogP contribution in [0.5, 0.6) is 5.75 Å². The number of carbonyl (C=O) groups excluding carboxylic acids is 1. The van der Waals surface area contributed by atoms with Crippen molar-refractivity contribution in [1.82, 2.24) is 0 Å². The second-order valence-electron chi connectivity index (χ2n) is 4.60. The molecule has 0 aliphatic heterocycles. The van der Waals surface area contributed by atoms with Crippen LogP contribution in [0.15, 0.2) is 24.3 Å². The summed E-state index contributed by atoms with van der Waals surface area (Å²) < 4.78 is 18.5. The first-order valence-corrected chi connectivity index (χ1v) is 6.26. The number of carbonyl (C=O) groups is 1. The van der Waals surface area contributed by atoms with E-state index >= 15 is 0 Å². The molecule has 0 radical (unpaired) electrons. The summed E-state index contributed by atoms with van der Waals surface area (Å²) >= 11 is 0. The zero-order valence-corrected chi connectivity index (χ0v) is 10.5. The number of methoxy groups -OCH3 is 1. The van der Waals surface area contributed by atoms with E-state index < -0.39 is 0 Å². The van der Waals surface area contributed by atoms with Gasteiger partial charge >= 0.3 is 0 Å². The van der Waals surface area contributed by atoms with Crippen molar-refractivity contribution in [3.05, 3.63) is 35.7 Å². The third kappa shape index (κ3) is 2.97. The van der Waals surface area contributed by atoms with Gasteiger partial charge in [0, 0.05) is 17.5 Å². The molecule has 0 atom stereocenters. The van der Waals surface area contributed by atoms with E-state index in [0.717, 1.165) is 25.7 Å². The number of ketones is 1. The van der Waals surface area contributed by atoms with Crippen molar-refractivity contribution >= 4 is 11.9 Å². The van der Waals surface area contributed by atoms with E-state index in [4.69, 9.17) is 4.74 Å². The smallest absolute Gasteiger partial charge is 0.158 e. The van der Waals surface area contributed by atoms with Gasteiger partial charge in [0.2, 0.25) is 0 Å². The van der Waals surface area contributed by atoms with Gasteiger partial charge in [-0.15, -0.1) is 0 Å². The highest BCUT2D eigenvalue weighted by Gasteiger charge is 2.20. The van der Waals surface area contributed by atoms with E-state index in [0.29, 0.717) is 11.3 Å². The van der Waals surface area contributed by atoms with Gasteiger partial charge in [-0.3, -0.25) is 4.79 Å². The second kappa shape index (κ2) is 5.80. The molecule has 0 N–H and O–H groups in total. The largest absolute Gasteiger partial charge is 0.497 e. The molecule has 2 nitrogen and oxygen atoms in total. The summed E-state index contributed by atoms with van der Waals surface area (Å²) in [6.07, 6.45) is 7.24. The monoisotopic (exact) mass is 248 g/mol. The number of halogens is 1. The lowest BCUT2D eigenvalue weighted by Crippen LogP contribution is -2.06. The van der Waals surface area contributed by atoms with E-state index in [9.17, 15) is 9.18 Å². The average molecular weight is 248 g/mol. The number of allylic oxidation sites excluding steroid dienone is 1. The van der Waals surface area contributed by atoms with Crippen molar-refractivity contribution in [2.75, 3.05) is 7.11 Å². The van der Waals surface area contributed by atoms with Crippen molar-refractivity contribution in [3.63, 3.8) is 0 Å². The van der Waals surface area contributed by atoms with E-state index in [1.165, 1.54) is 19.3 Å². The van der Waals surface area contributed by atoms with Gasteiger partial charge < -0.3 is 4.74 Å². The third-order valence-electron chi connectivity index (χ3n) is 3.39. The summed E-state index contributed by atoms with van der Waals surface area (Å²) in [6.45, 7) is 0. The molecule has 0 bridgehead atoms. The molecule has 0 amide bonds. The zero-order chi connectivity index (χ0) is 13.0. The third-order valence-corrected chi connectivity index (χ3v) is 3.39. The van der Waals surface area contributed by atoms with Gasteiger partial charge in [0.15, 0.2) is 5.78 Å². The molecule has 96 valence electrons. The number of hydrogen-bond acceptors (Lipinski definition) is 2. The molecule has 18 heavy (non-hydrogen) atoms. The minimum absolute atomic E-state index is 0.114. The summed E-state index contributed by atoms with van der Waals surface area (Å²) in [5.41, 5.74) is 0.419. The highest BCUT2D eigenvalue weighted by Crippen LogP contribution is 2.26. The molecule has 1 saturated carbocycles. The Morgan fingerprint density at radius 3 is 2.72 bits per heavy atom. The predicted octanol–water partition coefficient (Wildman–Crippen LogP) is 3.61. The molecule has 1 aliphatic carbocycles. The summed E-state index contributed by atoms with van der Waals surface area (Å²) in [5.74, 6) is 0.363. The van der Waals surface area contributed by atoms with Crippen molar-refractivity contribution < 1.29 is 13.9 Å². The fraction of sp³-hybridized carbons (Fsp3) is 0.400. The Morgan fingerprint density at radius 1 is 1.39 bits per heavy atom. The maximum Gasteiger partial charge on any atom is 0.158 e. The lowest BCUT2D eigenvalue weighted by Gasteiger charge is -2.04. The van der Waals surface area contributed by atoms with Crippen LogP contribution in [0.2, 0.25) is 0 Å². The summed E-state index contributed by atoms with van der Waals surface area (Å²) in [4.78, 5) is 11.8. The van der Waals surface area contributed by atoms with Crippen molar-refractivity contribution in [3.8, 4) is 5.75 Å². The number of rotatable bonds is 4. The predicted molar refractivity (Wildman–Crippen MR) is 69.0 cm³/mol. The fourth-order valence-corrected chi connectivity index (χ4v) is 2.29. The maximum absolute atomic E-state index is 13.6. The molecular weight excluding hydrogens is 231 g/mol. The van der Waals surface area contributed by atoms with E-state index in [1.807, 2.05) is 0 Å². The van der Waals surface area contributed by atoms with Gasteiger partial charge in [-0.05, 0) is 37.1 Å². The Kier molecular flexibility index (Phi) is 4.13. The van der Waals surface area contributed by atoms with Crippen LogP contribution in [0.3, 0.4) is 0 Å². The highest BCUT2D eigenvalue weighted by atomic mass is 19.1. The van der Waals surface area contributed by atoms with Gasteiger partial charge in [0.05, 0.1) is 7.11 Å². The van der Waals surface area contributed by atoms with E-state index in [-0.39, 0.29) is 17.5 Å². The Morgan fingerprint density at radius 2 is 2.11 bits per heavy atom. The average Bonchev–Trinajstić information content (AvgIpc) is 2.90. The first kappa shape index (κ1) is 12.8. The van der Waals surface area contributed by atoms with Gasteiger partial charge in [0.25, 0.3) is 0 Å². The molecular formula is C15H17FO2. The molecule has 1 fully saturated rings. The standard InChI is InChI=1S/C15H17FO2/c1-18-13-8-6-11(14(16)10-13)7-9-15(17)12-4-2-3-5-12/h6-10,12H,2-5H2,1H3/b9-7+. The lowest BCUT2D eigenvalue weighted by molar-refractivity contribution is -0.117. The van der Waals surface area contributed by atoms with Crippen LogP contribution in [0.4, 0.5) is 4.39 Å². The SMILES string of the molecule is COc1ccc(/C=C/C(=O)C2CCCC2)c(F)c1. The first-order valence-electron chi connectivity index (χ1n) is 6.26. The topological polar surface area (TPSA) is 26.3 Å². The van der Waals surface area contributed by atoms with Gasteiger partial charge in [-0.2, -0.15) is 0 Å². The molecule has 0 saturated heterocycles. The van der Waals surface area contributed by atoms with E-state index in [1.54, 1.807) is 18.2 Å². The van der Waals surface area contributed by atoms with E-state index in [2.05, 4.69) is 0 Å². The molecule has 1 aliphatic rings. The highest BCUT2D eigenvalue weighted by molar-refractivity contribution is 5.95. The van der Waals surface area contributed by atoms with Crippen LogP contribution < -0.4 is 4.74 Å². The lowest BCUT2D eigenvalue weighted by atomic mass is 10.0. The minimum Gasteiger partial charge on any atom is -0.497 e. The second-order valence-corrected chi connectivity index (χ2v) is 4.60. The van der Waals surface area contributed by atoms with Crippen LogP contribution in [-0.4, -0.2) is 12.9 Å². The normalized spacial score (nSPS) is 16.3. The molecule has 3 heteroatoms. The Labute approximate surface area is 106 Å². The number of hydrogen-bond donors (Lipinski definition) is 0. The Bertz CT molecular complexity index is 460. The number of ether oxygens (including phenoxy) is 1. The summed E-state index contributed by atoms with van der Waals surface area (Å²) in [7, 11) is 1.49. The van der Waals surface area contributed by atoms with Crippen molar-refractivity contribution in [1.29, 1.82) is 0 Å². The van der Waals surface area contributed by atoms with Gasteiger partial charge in [-0.25, -0.2) is 4.39 Å². The van der Waals surface area contributed by atoms with Crippen LogP contribution in [0.25, 0.3) is 6.08 Å². The molecule has 1 aromatic carbocycles. The van der Waals surface area contributed by atoms with Gasteiger partial charge in [0.1, 0.15) is 11.6 Å². The van der Waals surface area contributed by atoms with Crippen LogP contribution in [0, 0.1) is 11.7 Å². The number of benzene rings is 1. The van der Waals surface area contributed by atoms with Gasteiger partial charge in [-0.1, -0.05) is 12.8 Å². The zero-order valence-electron chi connectivity index (χ0n) is 10.5.